The van der Waals surface area contributed by atoms with Gasteiger partial charge in [-0.05, 0) is 50.6 Å². The summed E-state index contributed by atoms with van der Waals surface area (Å²) in [4.78, 5) is 0. The summed E-state index contributed by atoms with van der Waals surface area (Å²) in [7, 11) is 0. The van der Waals surface area contributed by atoms with Crippen molar-refractivity contribution in [3.63, 3.8) is 0 Å². The van der Waals surface area contributed by atoms with Gasteiger partial charge in [-0.2, -0.15) is 8.78 Å². The van der Waals surface area contributed by atoms with Crippen LogP contribution in [0.5, 0.6) is 5.75 Å². The van der Waals surface area contributed by atoms with Crippen molar-refractivity contribution >= 4 is 30.0 Å². The molecule has 0 aliphatic carbocycles. The van der Waals surface area contributed by atoms with E-state index in [1.807, 2.05) is 0 Å². The van der Waals surface area contributed by atoms with Crippen LogP contribution in [0.3, 0.4) is 0 Å². The van der Waals surface area contributed by atoms with Crippen LogP contribution in [0.4, 0.5) is 49.4 Å². The van der Waals surface area contributed by atoms with Gasteiger partial charge in [-0.15, -0.1) is 5.10 Å². The minimum absolute atomic E-state index is 0.135. The second kappa shape index (κ2) is 13.4. The molecule has 0 bridgehead atoms. The molecule has 54 heavy (non-hydrogen) atoms. The molecule has 4 aliphatic heterocycles. The summed E-state index contributed by atoms with van der Waals surface area (Å²) in [5.41, 5.74) is -4.00. The monoisotopic (exact) mass is 764 g/mol. The van der Waals surface area contributed by atoms with Crippen LogP contribution >= 0.6 is 0 Å². The highest BCUT2D eigenvalue weighted by Gasteiger charge is 2.52. The van der Waals surface area contributed by atoms with E-state index in [0.29, 0.717) is 53.4 Å². The summed E-state index contributed by atoms with van der Waals surface area (Å²) in [6.45, 7) is -4.79. The number of allylic oxidation sites excluding steroid dienone is 3. The average Bonchev–Trinajstić information content (AvgIpc) is 3.99. The van der Waals surface area contributed by atoms with Gasteiger partial charge in [0, 0.05) is 41.7 Å². The number of nitrogens with one attached hydrogen (secondary N) is 3. The van der Waals surface area contributed by atoms with E-state index in [-0.39, 0.29) is 22.7 Å². The normalized spacial score (nSPS) is 19.6. The highest BCUT2D eigenvalue weighted by molar-refractivity contribution is 6.57. The molecule has 8 rings (SSSR count). The van der Waals surface area contributed by atoms with Crippen LogP contribution < -0.4 is 20.7 Å². The fourth-order valence-corrected chi connectivity index (χ4v) is 7.33. The molecule has 282 valence electrons. The van der Waals surface area contributed by atoms with Crippen LogP contribution in [0.25, 0.3) is 11.1 Å². The van der Waals surface area contributed by atoms with Crippen LogP contribution in [0.15, 0.2) is 48.1 Å². The van der Waals surface area contributed by atoms with Crippen molar-refractivity contribution < 1.29 is 53.0 Å². The molecule has 9 nitrogen and oxygen atoms in total. The Hall–Kier alpha value is -5.53. The first kappa shape index (κ1) is 35.5. The number of anilines is 1. The number of nitrogens with zero attached hydrogens (tertiary/aromatic N) is 5. The Kier molecular flexibility index (Phi) is 8.81. The number of fused-ring (bicyclic) bond motifs is 2. The predicted octanol–water partition coefficient (Wildman–Crippen LogP) is 6.34. The molecule has 2 aromatic heterocycles. The molecule has 0 saturated carbocycles. The lowest BCUT2D eigenvalue weighted by molar-refractivity contribution is -0.356. The summed E-state index contributed by atoms with van der Waals surface area (Å²) in [6.07, 6.45) is 7.69. The fraction of sp³-hybridized carbons (Fsp3) is 0.265. The zero-order chi connectivity index (χ0) is 38.1. The van der Waals surface area contributed by atoms with Crippen molar-refractivity contribution in [3.05, 3.63) is 117 Å². The topological polar surface area (TPSA) is 84.0 Å². The van der Waals surface area contributed by atoms with Gasteiger partial charge < -0.3 is 38.3 Å². The summed E-state index contributed by atoms with van der Waals surface area (Å²) < 4.78 is 161. The van der Waals surface area contributed by atoms with Gasteiger partial charge in [-0.25, -0.2) is 31.0 Å². The molecule has 1 unspecified atom stereocenters. The minimum Gasteiger partial charge on any atom is -0.481 e. The van der Waals surface area contributed by atoms with Crippen LogP contribution in [-0.2, 0) is 13.3 Å². The second-order valence-electron chi connectivity index (χ2n) is 13.0. The van der Waals surface area contributed by atoms with Crippen molar-refractivity contribution in [1.82, 2.24) is 30.1 Å². The van der Waals surface area contributed by atoms with Gasteiger partial charge >= 0.3 is 6.97 Å². The Labute approximate surface area is 299 Å². The van der Waals surface area contributed by atoms with Crippen LogP contribution in [0.2, 0.25) is 0 Å². The molecule has 2 fully saturated rings. The summed E-state index contributed by atoms with van der Waals surface area (Å²) in [5, 5.41) is 15.7. The van der Waals surface area contributed by atoms with E-state index < -0.39 is 101 Å². The number of halogens is 10. The molecule has 6 heterocycles. The van der Waals surface area contributed by atoms with Gasteiger partial charge in [-0.1, -0.05) is 5.21 Å². The summed E-state index contributed by atoms with van der Waals surface area (Å²) in [6, 6.07) is 1.81. The molecular formula is C34H27BF10N8O. The summed E-state index contributed by atoms with van der Waals surface area (Å²) >= 11 is 0. The maximum absolute atomic E-state index is 15.6. The van der Waals surface area contributed by atoms with Crippen molar-refractivity contribution in [1.29, 1.82) is 0 Å². The van der Waals surface area contributed by atoms with Crippen molar-refractivity contribution in [2.45, 2.75) is 45.0 Å². The standard InChI is InChI=1S/C34H27BF10N8O/c36-25-23(21(17-5-1-9-46-17)18-6-2-10-47-18)26(37)30(41)33(29(25)40)48-15-51-13-16(49-50-51)14-54-34-31(42)27(38)24(28(39)32(34)43)22-19-7-3-11-52(19)35(44,45)53-12-4-8-20(22)53/h3-4,7-8,11-13,17,46-48H,1-2,5-6,9-10,14-15H2/b21-18+. The molecule has 4 aromatic rings. The van der Waals surface area contributed by atoms with Gasteiger partial charge in [0.05, 0.1) is 22.9 Å². The Balaban J connectivity index is 1.01. The maximum atomic E-state index is 15.6. The summed E-state index contributed by atoms with van der Waals surface area (Å²) in [5.74, 6) is -15.8. The molecule has 0 radical (unpaired) electrons. The first-order valence-corrected chi connectivity index (χ1v) is 16.8. The first-order valence-electron chi connectivity index (χ1n) is 16.8. The number of ether oxygens (including phenoxy) is 1. The SMILES string of the molecule is Fc1c(F)c(/C(=C2\CCCN2)C2CCCN2)c(F)c(F)c1NCn1cc(COc2c(F)c(F)c(C3=C4C=CC=[N+]4[B-](F)(F)n4cccc43)c(F)c2F)nn1. The molecule has 1 atom stereocenters. The van der Waals surface area contributed by atoms with E-state index in [1.165, 1.54) is 12.1 Å². The molecule has 3 N–H and O–H groups in total. The van der Waals surface area contributed by atoms with E-state index in [9.17, 15) is 0 Å². The molecule has 2 aromatic carbocycles. The van der Waals surface area contributed by atoms with Crippen molar-refractivity contribution in [2.24, 2.45) is 0 Å². The molecule has 2 saturated heterocycles. The average molecular weight is 764 g/mol. The van der Waals surface area contributed by atoms with Crippen LogP contribution in [0, 0.1) is 46.5 Å². The zero-order valence-corrected chi connectivity index (χ0v) is 27.8. The van der Waals surface area contributed by atoms with Gasteiger partial charge in [0.15, 0.2) is 46.3 Å². The third-order valence-corrected chi connectivity index (χ3v) is 9.79. The van der Waals surface area contributed by atoms with Gasteiger partial charge in [0.2, 0.25) is 11.6 Å². The van der Waals surface area contributed by atoms with E-state index in [0.717, 1.165) is 35.4 Å². The molecular weight excluding hydrogens is 737 g/mol. The van der Waals surface area contributed by atoms with Gasteiger partial charge in [-0.3, -0.25) is 0 Å². The van der Waals surface area contributed by atoms with Crippen molar-refractivity contribution in [3.8, 4) is 5.75 Å². The highest BCUT2D eigenvalue weighted by Crippen LogP contribution is 2.43. The third kappa shape index (κ3) is 5.56. The lowest BCUT2D eigenvalue weighted by Crippen LogP contribution is -2.49. The number of hydrogen-bond donors (Lipinski definition) is 3. The van der Waals surface area contributed by atoms with E-state index in [2.05, 4.69) is 26.3 Å². The quantitative estimate of drug-likeness (QED) is 0.105. The fourth-order valence-electron chi connectivity index (χ4n) is 7.33. The molecule has 0 spiro atoms. The lowest BCUT2D eigenvalue weighted by atomic mass is 9.86. The Morgan fingerprint density at radius 2 is 1.69 bits per heavy atom. The highest BCUT2D eigenvalue weighted by atomic mass is 19.2. The molecule has 0 amide bonds. The largest absolute Gasteiger partial charge is 0.737 e. The zero-order valence-electron chi connectivity index (χ0n) is 27.8. The predicted molar refractivity (Wildman–Crippen MR) is 175 cm³/mol. The first-order chi connectivity index (χ1) is 25.9. The van der Waals surface area contributed by atoms with E-state index in [4.69, 9.17) is 4.74 Å². The molecule has 20 heteroatoms. The van der Waals surface area contributed by atoms with Crippen molar-refractivity contribution in [2.75, 3.05) is 18.4 Å². The van der Waals surface area contributed by atoms with Gasteiger partial charge in [0.1, 0.15) is 30.9 Å². The van der Waals surface area contributed by atoms with E-state index in [1.54, 1.807) is 0 Å². The van der Waals surface area contributed by atoms with E-state index >= 15 is 43.8 Å². The van der Waals surface area contributed by atoms with Crippen LogP contribution in [-0.4, -0.2) is 56.3 Å². The number of rotatable bonds is 9. The third-order valence-electron chi connectivity index (χ3n) is 9.79. The Bertz CT molecular complexity index is 2280. The smallest absolute Gasteiger partial charge is 0.481 e. The number of benzene rings is 2. The lowest BCUT2D eigenvalue weighted by Gasteiger charge is -2.31. The Morgan fingerprint density at radius 3 is 2.35 bits per heavy atom. The second-order valence-corrected chi connectivity index (χ2v) is 13.0. The Morgan fingerprint density at radius 1 is 0.944 bits per heavy atom. The minimum atomic E-state index is -4.47. The number of hydrogen-bond acceptors (Lipinski definition) is 6. The van der Waals surface area contributed by atoms with Crippen LogP contribution in [0.1, 0.15) is 48.2 Å². The van der Waals surface area contributed by atoms with Gasteiger partial charge in [0.25, 0.3) is 0 Å². The molecule has 4 aliphatic rings. The maximum Gasteiger partial charge on any atom is 0.737 e. The number of aromatic nitrogens is 4.